The summed E-state index contributed by atoms with van der Waals surface area (Å²) in [5, 5.41) is 6.33. The van der Waals surface area contributed by atoms with Gasteiger partial charge in [0.2, 0.25) is 17.6 Å². The molecule has 0 atom stereocenters. The van der Waals surface area contributed by atoms with Gasteiger partial charge in [-0.05, 0) is 18.6 Å². The van der Waals surface area contributed by atoms with Crippen LogP contribution in [0.5, 0.6) is 0 Å². The Morgan fingerprint density at radius 1 is 1.50 bits per heavy atom. The first kappa shape index (κ1) is 14.5. The standard InChI is InChI=1S/C13H14FN3O2S/c1-8-3-4-9(5-10(8)14)13-16-12(19-17-13)7-20-6-11(18)15-2/h3-5H,6-7H2,1-2H3,(H,15,18). The molecule has 0 unspecified atom stereocenters. The number of thioether (sulfide) groups is 1. The zero-order valence-corrected chi connectivity index (χ0v) is 12.0. The Balaban J connectivity index is 2.01. The van der Waals surface area contributed by atoms with Gasteiger partial charge in [0.05, 0.1) is 11.5 Å². The lowest BCUT2D eigenvalue weighted by Crippen LogP contribution is -2.19. The predicted octanol–water partition coefficient (Wildman–Crippen LogP) is 2.16. The van der Waals surface area contributed by atoms with Crippen LogP contribution in [0, 0.1) is 12.7 Å². The Hall–Kier alpha value is -1.89. The Morgan fingerprint density at radius 2 is 2.30 bits per heavy atom. The molecule has 0 radical (unpaired) electrons. The zero-order valence-electron chi connectivity index (χ0n) is 11.1. The van der Waals surface area contributed by atoms with Gasteiger partial charge in [0.25, 0.3) is 0 Å². The SMILES string of the molecule is CNC(=O)CSCc1nc(-c2ccc(C)c(F)c2)no1. The monoisotopic (exact) mass is 295 g/mol. The minimum atomic E-state index is -0.303. The second-order valence-electron chi connectivity index (χ2n) is 4.14. The molecule has 5 nitrogen and oxygen atoms in total. The fourth-order valence-corrected chi connectivity index (χ4v) is 2.19. The first-order valence-electron chi connectivity index (χ1n) is 5.97. The maximum absolute atomic E-state index is 13.5. The van der Waals surface area contributed by atoms with E-state index >= 15 is 0 Å². The third-order valence-corrected chi connectivity index (χ3v) is 3.55. The van der Waals surface area contributed by atoms with Gasteiger partial charge in [-0.3, -0.25) is 4.79 Å². The molecular formula is C13H14FN3O2S. The number of aromatic nitrogens is 2. The third kappa shape index (κ3) is 3.57. The molecule has 2 aromatic rings. The second-order valence-corrected chi connectivity index (χ2v) is 5.13. The molecule has 20 heavy (non-hydrogen) atoms. The van der Waals surface area contributed by atoms with Crippen LogP contribution < -0.4 is 5.32 Å². The molecule has 0 aliphatic rings. The Labute approximate surface area is 119 Å². The van der Waals surface area contributed by atoms with E-state index in [1.54, 1.807) is 26.1 Å². The topological polar surface area (TPSA) is 68.0 Å². The molecule has 0 saturated heterocycles. The molecule has 0 bridgehead atoms. The lowest BCUT2D eigenvalue weighted by Gasteiger charge is -1.98. The summed E-state index contributed by atoms with van der Waals surface area (Å²) in [4.78, 5) is 15.2. The van der Waals surface area contributed by atoms with Crippen molar-refractivity contribution >= 4 is 17.7 Å². The number of nitrogens with one attached hydrogen (secondary N) is 1. The first-order valence-corrected chi connectivity index (χ1v) is 7.13. The number of benzene rings is 1. The van der Waals surface area contributed by atoms with Crippen molar-refractivity contribution in [1.29, 1.82) is 0 Å². The molecular weight excluding hydrogens is 281 g/mol. The minimum absolute atomic E-state index is 0.0599. The lowest BCUT2D eigenvalue weighted by atomic mass is 10.1. The second kappa shape index (κ2) is 6.51. The van der Waals surface area contributed by atoms with Gasteiger partial charge >= 0.3 is 0 Å². The van der Waals surface area contributed by atoms with E-state index in [1.165, 1.54) is 17.8 Å². The highest BCUT2D eigenvalue weighted by Crippen LogP contribution is 2.20. The number of aryl methyl sites for hydroxylation is 1. The summed E-state index contributed by atoms with van der Waals surface area (Å²) < 4.78 is 18.5. The van der Waals surface area contributed by atoms with Crippen molar-refractivity contribution in [3.05, 3.63) is 35.5 Å². The van der Waals surface area contributed by atoms with Crippen LogP contribution in [-0.2, 0) is 10.5 Å². The van der Waals surface area contributed by atoms with E-state index < -0.39 is 0 Å². The molecule has 1 N–H and O–H groups in total. The van der Waals surface area contributed by atoms with Crippen LogP contribution in [0.2, 0.25) is 0 Å². The number of hydrogen-bond acceptors (Lipinski definition) is 5. The van der Waals surface area contributed by atoms with E-state index in [0.29, 0.717) is 34.3 Å². The molecule has 1 amide bonds. The Kier molecular flexibility index (Phi) is 4.73. The molecule has 0 aliphatic carbocycles. The molecule has 1 aromatic carbocycles. The summed E-state index contributed by atoms with van der Waals surface area (Å²) in [7, 11) is 1.58. The summed E-state index contributed by atoms with van der Waals surface area (Å²) >= 11 is 1.37. The van der Waals surface area contributed by atoms with Crippen LogP contribution in [0.1, 0.15) is 11.5 Å². The van der Waals surface area contributed by atoms with Crippen LogP contribution in [-0.4, -0.2) is 28.8 Å². The molecule has 1 aromatic heterocycles. The minimum Gasteiger partial charge on any atom is -0.358 e. The number of rotatable bonds is 5. The van der Waals surface area contributed by atoms with E-state index in [0.717, 1.165) is 0 Å². The highest BCUT2D eigenvalue weighted by atomic mass is 32.2. The number of hydrogen-bond donors (Lipinski definition) is 1. The molecule has 0 aliphatic heterocycles. The lowest BCUT2D eigenvalue weighted by molar-refractivity contribution is -0.118. The summed E-state index contributed by atoms with van der Waals surface area (Å²) in [5.41, 5.74) is 1.14. The van der Waals surface area contributed by atoms with Crippen LogP contribution in [0.3, 0.4) is 0 Å². The fraction of sp³-hybridized carbons (Fsp3) is 0.308. The average molecular weight is 295 g/mol. The molecule has 1 heterocycles. The van der Waals surface area contributed by atoms with Gasteiger partial charge < -0.3 is 9.84 Å². The van der Waals surface area contributed by atoms with Crippen molar-refractivity contribution in [3.8, 4) is 11.4 Å². The van der Waals surface area contributed by atoms with Crippen molar-refractivity contribution in [3.63, 3.8) is 0 Å². The van der Waals surface area contributed by atoms with E-state index in [1.807, 2.05) is 0 Å². The highest BCUT2D eigenvalue weighted by Gasteiger charge is 2.10. The maximum atomic E-state index is 13.5. The van der Waals surface area contributed by atoms with E-state index in [9.17, 15) is 9.18 Å². The van der Waals surface area contributed by atoms with Crippen molar-refractivity contribution < 1.29 is 13.7 Å². The molecule has 7 heteroatoms. The molecule has 0 fully saturated rings. The van der Waals surface area contributed by atoms with E-state index in [4.69, 9.17) is 4.52 Å². The molecule has 2 rings (SSSR count). The number of carbonyl (C=O) groups excluding carboxylic acids is 1. The summed E-state index contributed by atoms with van der Waals surface area (Å²) in [6.07, 6.45) is 0. The smallest absolute Gasteiger partial charge is 0.236 e. The summed E-state index contributed by atoms with van der Waals surface area (Å²) in [5.74, 6) is 1.16. The third-order valence-electron chi connectivity index (χ3n) is 2.64. The van der Waals surface area contributed by atoms with Crippen LogP contribution in [0.15, 0.2) is 22.7 Å². The summed E-state index contributed by atoms with van der Waals surface area (Å²) in [6, 6.07) is 4.79. The van der Waals surface area contributed by atoms with Gasteiger partial charge in [0.1, 0.15) is 5.82 Å². The van der Waals surface area contributed by atoms with Gasteiger partial charge in [0, 0.05) is 12.6 Å². The molecule has 0 spiro atoms. The average Bonchev–Trinajstić information content (AvgIpc) is 2.90. The number of halogens is 1. The Bertz CT molecular complexity index is 615. The van der Waals surface area contributed by atoms with Gasteiger partial charge in [0.15, 0.2) is 0 Å². The van der Waals surface area contributed by atoms with Crippen LogP contribution >= 0.6 is 11.8 Å². The van der Waals surface area contributed by atoms with Crippen molar-refractivity contribution in [2.75, 3.05) is 12.8 Å². The van der Waals surface area contributed by atoms with Gasteiger partial charge in [-0.1, -0.05) is 17.3 Å². The maximum Gasteiger partial charge on any atom is 0.236 e. The fourth-order valence-electron chi connectivity index (χ4n) is 1.47. The van der Waals surface area contributed by atoms with Gasteiger partial charge in [-0.2, -0.15) is 4.98 Å². The quantitative estimate of drug-likeness (QED) is 0.915. The highest BCUT2D eigenvalue weighted by molar-refractivity contribution is 7.99. The van der Waals surface area contributed by atoms with Gasteiger partial charge in [-0.25, -0.2) is 4.39 Å². The Morgan fingerprint density at radius 3 is 3.00 bits per heavy atom. The van der Waals surface area contributed by atoms with Crippen molar-refractivity contribution in [2.24, 2.45) is 0 Å². The zero-order chi connectivity index (χ0) is 14.5. The van der Waals surface area contributed by atoms with Crippen molar-refractivity contribution in [1.82, 2.24) is 15.5 Å². The van der Waals surface area contributed by atoms with Gasteiger partial charge in [-0.15, -0.1) is 11.8 Å². The molecule has 0 saturated carbocycles. The number of nitrogens with zero attached hydrogens (tertiary/aromatic N) is 2. The normalized spacial score (nSPS) is 10.6. The summed E-state index contributed by atoms with van der Waals surface area (Å²) in [6.45, 7) is 1.69. The largest absolute Gasteiger partial charge is 0.358 e. The van der Waals surface area contributed by atoms with E-state index in [2.05, 4.69) is 15.5 Å². The first-order chi connectivity index (χ1) is 9.60. The van der Waals surface area contributed by atoms with Crippen LogP contribution in [0.25, 0.3) is 11.4 Å². The predicted molar refractivity (Wildman–Crippen MR) is 74.7 cm³/mol. The number of carbonyl (C=O) groups is 1. The van der Waals surface area contributed by atoms with Crippen molar-refractivity contribution in [2.45, 2.75) is 12.7 Å². The number of amides is 1. The molecule has 106 valence electrons. The van der Waals surface area contributed by atoms with Crippen LogP contribution in [0.4, 0.5) is 4.39 Å². The van der Waals surface area contributed by atoms with E-state index in [-0.39, 0.29) is 11.7 Å².